The van der Waals surface area contributed by atoms with Gasteiger partial charge >= 0.3 is 0 Å². The second-order valence-electron chi connectivity index (χ2n) is 5.72. The molecule has 1 N–H and O–H groups in total. The number of nitrogens with one attached hydrogen (secondary N) is 1. The molecule has 1 aromatic heterocycles. The van der Waals surface area contributed by atoms with Crippen molar-refractivity contribution in [2.24, 2.45) is 0 Å². The molecular formula is C13H19BrN2OS. The fraction of sp³-hybridized carbons (Fsp3) is 0.692. The molecule has 1 fully saturated rings. The van der Waals surface area contributed by atoms with E-state index in [9.17, 15) is 4.79 Å². The maximum absolute atomic E-state index is 12.0. The maximum atomic E-state index is 12.0. The smallest absolute Gasteiger partial charge is 0.265 e. The van der Waals surface area contributed by atoms with Crippen LogP contribution in [0.15, 0.2) is 9.27 Å². The Balaban J connectivity index is 2.44. The molecule has 0 radical (unpaired) electrons. The molecule has 1 atom stereocenters. The fourth-order valence-corrected chi connectivity index (χ4v) is 4.12. The quantitative estimate of drug-likeness (QED) is 0.852. The van der Waals surface area contributed by atoms with Crippen LogP contribution in [0.25, 0.3) is 0 Å². The van der Waals surface area contributed by atoms with E-state index in [0.717, 1.165) is 23.7 Å². The van der Waals surface area contributed by atoms with Crippen LogP contribution >= 0.6 is 27.7 Å². The van der Waals surface area contributed by atoms with E-state index >= 15 is 0 Å². The number of hydrogen-bond acceptors (Lipinski definition) is 3. The van der Waals surface area contributed by atoms with Gasteiger partial charge in [-0.15, -0.1) is 0 Å². The zero-order chi connectivity index (χ0) is 13.3. The number of rotatable bonds is 1. The molecule has 0 bridgehead atoms. The number of aromatic amines is 1. The number of halogens is 1. The van der Waals surface area contributed by atoms with Gasteiger partial charge in [-0.3, -0.25) is 4.79 Å². The summed E-state index contributed by atoms with van der Waals surface area (Å²) in [4.78, 5) is 19.6. The minimum atomic E-state index is -0.124. The van der Waals surface area contributed by atoms with Gasteiger partial charge < -0.3 is 4.98 Å². The van der Waals surface area contributed by atoms with Crippen LogP contribution in [0, 0.1) is 0 Å². The van der Waals surface area contributed by atoms with Crippen molar-refractivity contribution < 1.29 is 0 Å². The summed E-state index contributed by atoms with van der Waals surface area (Å²) in [6.07, 6.45) is 3.61. The number of aromatic nitrogens is 2. The first kappa shape index (κ1) is 14.1. The van der Waals surface area contributed by atoms with Gasteiger partial charge in [0.25, 0.3) is 5.56 Å². The van der Waals surface area contributed by atoms with Crippen molar-refractivity contribution in [3.8, 4) is 0 Å². The standard InChI is InChI=1S/C13H19BrN2OS/c1-13(2,3)10-9(14)12(17)16-11(15-10)8-6-4-5-7-18-8/h8H,4-7H2,1-3H3,(H,15,16,17). The average Bonchev–Trinajstić information content (AvgIpc) is 2.32. The van der Waals surface area contributed by atoms with Gasteiger partial charge in [0.15, 0.2) is 0 Å². The highest BCUT2D eigenvalue weighted by atomic mass is 79.9. The van der Waals surface area contributed by atoms with Gasteiger partial charge in [0.05, 0.1) is 10.9 Å². The Morgan fingerprint density at radius 1 is 1.39 bits per heavy atom. The largest absolute Gasteiger partial charge is 0.309 e. The van der Waals surface area contributed by atoms with E-state index in [2.05, 4.69) is 41.7 Å². The first-order valence-corrected chi connectivity index (χ1v) is 8.15. The molecule has 0 aliphatic carbocycles. The molecular weight excluding hydrogens is 312 g/mol. The molecule has 0 spiro atoms. The molecule has 2 heterocycles. The van der Waals surface area contributed by atoms with Crippen molar-refractivity contribution >= 4 is 27.7 Å². The van der Waals surface area contributed by atoms with Crippen LogP contribution in [0.5, 0.6) is 0 Å². The Morgan fingerprint density at radius 2 is 2.11 bits per heavy atom. The molecule has 18 heavy (non-hydrogen) atoms. The van der Waals surface area contributed by atoms with Crippen LogP contribution in [0.3, 0.4) is 0 Å². The fourth-order valence-electron chi connectivity index (χ4n) is 2.08. The average molecular weight is 331 g/mol. The lowest BCUT2D eigenvalue weighted by Crippen LogP contribution is -2.24. The summed E-state index contributed by atoms with van der Waals surface area (Å²) in [5, 5.41) is 0.348. The molecule has 2 rings (SSSR count). The lowest BCUT2D eigenvalue weighted by molar-refractivity contribution is 0.551. The highest BCUT2D eigenvalue weighted by molar-refractivity contribution is 9.10. The Labute approximate surface area is 120 Å². The summed E-state index contributed by atoms with van der Waals surface area (Å²) in [5.74, 6) is 2.01. The van der Waals surface area contributed by atoms with E-state index in [-0.39, 0.29) is 11.0 Å². The van der Waals surface area contributed by atoms with Gasteiger partial charge in [-0.2, -0.15) is 11.8 Å². The summed E-state index contributed by atoms with van der Waals surface area (Å²) in [7, 11) is 0. The lowest BCUT2D eigenvalue weighted by atomic mass is 9.92. The molecule has 100 valence electrons. The summed E-state index contributed by atoms with van der Waals surface area (Å²) in [6.45, 7) is 6.24. The van der Waals surface area contributed by atoms with E-state index in [0.29, 0.717) is 9.72 Å². The van der Waals surface area contributed by atoms with E-state index in [1.807, 2.05) is 11.8 Å². The molecule has 1 aliphatic rings. The topological polar surface area (TPSA) is 45.8 Å². The minimum Gasteiger partial charge on any atom is -0.309 e. The van der Waals surface area contributed by atoms with Crippen molar-refractivity contribution in [2.45, 2.75) is 50.7 Å². The van der Waals surface area contributed by atoms with Crippen molar-refractivity contribution in [3.05, 3.63) is 26.3 Å². The SMILES string of the molecule is CC(C)(C)c1nc(C2CCCCS2)[nH]c(=O)c1Br. The molecule has 1 aromatic rings. The normalized spacial score (nSPS) is 21.0. The van der Waals surface area contributed by atoms with Crippen LogP contribution < -0.4 is 5.56 Å². The molecule has 0 saturated carbocycles. The molecule has 0 aromatic carbocycles. The van der Waals surface area contributed by atoms with Gasteiger partial charge in [-0.05, 0) is 34.5 Å². The third-order valence-corrected chi connectivity index (χ3v) is 5.20. The van der Waals surface area contributed by atoms with Crippen LogP contribution in [0.2, 0.25) is 0 Å². The third-order valence-electron chi connectivity index (χ3n) is 3.08. The molecule has 3 nitrogen and oxygen atoms in total. The van der Waals surface area contributed by atoms with E-state index in [4.69, 9.17) is 4.98 Å². The number of thioether (sulfide) groups is 1. The van der Waals surface area contributed by atoms with Crippen molar-refractivity contribution in [1.29, 1.82) is 0 Å². The molecule has 1 unspecified atom stereocenters. The van der Waals surface area contributed by atoms with Crippen molar-refractivity contribution in [1.82, 2.24) is 9.97 Å². The predicted molar refractivity (Wildman–Crippen MR) is 80.3 cm³/mol. The number of H-pyrrole nitrogens is 1. The Morgan fingerprint density at radius 3 is 2.67 bits per heavy atom. The van der Waals surface area contributed by atoms with Crippen LogP contribution in [-0.2, 0) is 5.41 Å². The second-order valence-corrected chi connectivity index (χ2v) is 7.82. The summed E-state index contributed by atoms with van der Waals surface area (Å²) in [6, 6.07) is 0. The highest BCUT2D eigenvalue weighted by Crippen LogP contribution is 2.37. The lowest BCUT2D eigenvalue weighted by Gasteiger charge is -2.24. The van der Waals surface area contributed by atoms with E-state index in [1.165, 1.54) is 12.8 Å². The first-order valence-electron chi connectivity index (χ1n) is 6.31. The van der Waals surface area contributed by atoms with Crippen LogP contribution in [0.4, 0.5) is 0 Å². The Bertz CT molecular complexity index is 487. The third kappa shape index (κ3) is 2.99. The Hall–Kier alpha value is -0.290. The zero-order valence-electron chi connectivity index (χ0n) is 11.0. The predicted octanol–water partition coefficient (Wildman–Crippen LogP) is 3.79. The molecule has 0 amide bonds. The molecule has 1 aliphatic heterocycles. The highest BCUT2D eigenvalue weighted by Gasteiger charge is 2.25. The summed E-state index contributed by atoms with van der Waals surface area (Å²) in [5.41, 5.74) is 0.671. The van der Waals surface area contributed by atoms with Crippen molar-refractivity contribution in [3.63, 3.8) is 0 Å². The van der Waals surface area contributed by atoms with Gasteiger partial charge in [-0.1, -0.05) is 27.2 Å². The van der Waals surface area contributed by atoms with Crippen LogP contribution in [0.1, 0.15) is 56.8 Å². The first-order chi connectivity index (χ1) is 8.39. The molecule has 1 saturated heterocycles. The van der Waals surface area contributed by atoms with E-state index in [1.54, 1.807) is 0 Å². The summed E-state index contributed by atoms with van der Waals surface area (Å²) < 4.78 is 0.569. The minimum absolute atomic E-state index is 0.0592. The van der Waals surface area contributed by atoms with Gasteiger partial charge in [-0.25, -0.2) is 4.98 Å². The van der Waals surface area contributed by atoms with Gasteiger partial charge in [0.2, 0.25) is 0 Å². The second kappa shape index (κ2) is 5.37. The number of hydrogen-bond donors (Lipinski definition) is 1. The van der Waals surface area contributed by atoms with Crippen LogP contribution in [-0.4, -0.2) is 15.7 Å². The van der Waals surface area contributed by atoms with Crippen molar-refractivity contribution in [2.75, 3.05) is 5.75 Å². The van der Waals surface area contributed by atoms with Gasteiger partial charge in [0, 0.05) is 5.41 Å². The van der Waals surface area contributed by atoms with E-state index < -0.39 is 0 Å². The summed E-state index contributed by atoms with van der Waals surface area (Å²) >= 11 is 5.26. The maximum Gasteiger partial charge on any atom is 0.265 e. The molecule has 5 heteroatoms. The Kier molecular flexibility index (Phi) is 4.22. The zero-order valence-corrected chi connectivity index (χ0v) is 13.4. The number of nitrogens with zero attached hydrogens (tertiary/aromatic N) is 1. The van der Waals surface area contributed by atoms with Gasteiger partial charge in [0.1, 0.15) is 10.3 Å². The monoisotopic (exact) mass is 330 g/mol.